The zero-order chi connectivity index (χ0) is 8.16. The van der Waals surface area contributed by atoms with Gasteiger partial charge in [0.25, 0.3) is 0 Å². The Bertz CT molecular complexity index is 105. The lowest BCUT2D eigenvalue weighted by molar-refractivity contribution is -0.0374. The molecule has 0 aromatic heterocycles. The second-order valence-electron chi connectivity index (χ2n) is 3.33. The predicted molar refractivity (Wildman–Crippen MR) is 45.0 cm³/mol. The molecule has 0 spiro atoms. The molecule has 3 heteroatoms. The van der Waals surface area contributed by atoms with Gasteiger partial charge in [-0.15, -0.1) is 0 Å². The molecule has 0 aromatic rings. The Kier molecular flexibility index (Phi) is 3.30. The lowest BCUT2D eigenvalue weighted by Crippen LogP contribution is -2.46. The molecule has 0 bridgehead atoms. The van der Waals surface area contributed by atoms with E-state index in [0.717, 1.165) is 19.4 Å². The molecule has 0 radical (unpaired) electrons. The van der Waals surface area contributed by atoms with Crippen molar-refractivity contribution in [2.75, 3.05) is 13.7 Å². The van der Waals surface area contributed by atoms with Crippen LogP contribution in [-0.2, 0) is 4.74 Å². The van der Waals surface area contributed by atoms with E-state index in [-0.39, 0.29) is 5.60 Å². The predicted octanol–water partition coefficient (Wildman–Crippen LogP) is 0.799. The molecule has 1 fully saturated rings. The molecule has 0 aliphatic heterocycles. The van der Waals surface area contributed by atoms with Crippen molar-refractivity contribution in [1.82, 2.24) is 5.43 Å². The van der Waals surface area contributed by atoms with Crippen LogP contribution in [0.5, 0.6) is 0 Å². The van der Waals surface area contributed by atoms with Crippen molar-refractivity contribution >= 4 is 0 Å². The van der Waals surface area contributed by atoms with Crippen LogP contribution in [0.15, 0.2) is 0 Å². The zero-order valence-corrected chi connectivity index (χ0v) is 7.23. The van der Waals surface area contributed by atoms with Gasteiger partial charge in [0.2, 0.25) is 0 Å². The monoisotopic (exact) mass is 158 g/mol. The van der Waals surface area contributed by atoms with Crippen LogP contribution >= 0.6 is 0 Å². The fraction of sp³-hybridized carbons (Fsp3) is 1.00. The maximum Gasteiger partial charge on any atom is 0.0816 e. The Morgan fingerprint density at radius 1 is 1.36 bits per heavy atom. The van der Waals surface area contributed by atoms with Gasteiger partial charge in [-0.25, -0.2) is 0 Å². The number of hydrogen-bond donors (Lipinski definition) is 2. The van der Waals surface area contributed by atoms with Gasteiger partial charge in [-0.05, 0) is 12.8 Å². The van der Waals surface area contributed by atoms with E-state index < -0.39 is 0 Å². The Morgan fingerprint density at radius 2 is 2.00 bits per heavy atom. The maximum atomic E-state index is 5.48. The quantitative estimate of drug-likeness (QED) is 0.472. The molecule has 0 atom stereocenters. The maximum absolute atomic E-state index is 5.48. The van der Waals surface area contributed by atoms with Crippen LogP contribution < -0.4 is 11.3 Å². The van der Waals surface area contributed by atoms with Crippen molar-refractivity contribution in [2.45, 2.75) is 37.7 Å². The summed E-state index contributed by atoms with van der Waals surface area (Å²) in [5.41, 5.74) is 2.74. The van der Waals surface area contributed by atoms with E-state index in [4.69, 9.17) is 10.6 Å². The van der Waals surface area contributed by atoms with Crippen molar-refractivity contribution in [1.29, 1.82) is 0 Å². The minimum atomic E-state index is 0.0347. The molecule has 0 heterocycles. The molecule has 1 aliphatic carbocycles. The van der Waals surface area contributed by atoms with Gasteiger partial charge in [-0.1, -0.05) is 19.3 Å². The molecule has 1 aliphatic rings. The molecule has 0 saturated heterocycles. The molecule has 66 valence electrons. The van der Waals surface area contributed by atoms with E-state index >= 15 is 0 Å². The molecule has 3 N–H and O–H groups in total. The average Bonchev–Trinajstić information content (AvgIpc) is 2.07. The van der Waals surface area contributed by atoms with E-state index in [1.807, 2.05) is 0 Å². The minimum Gasteiger partial charge on any atom is -0.377 e. The summed E-state index contributed by atoms with van der Waals surface area (Å²) in [6.45, 7) is 0.781. The Balaban J connectivity index is 2.42. The first-order valence-electron chi connectivity index (χ1n) is 4.32. The van der Waals surface area contributed by atoms with E-state index in [2.05, 4.69) is 5.43 Å². The molecular formula is C8H18N2O. The summed E-state index contributed by atoms with van der Waals surface area (Å²) in [6.07, 6.45) is 6.18. The highest BCUT2D eigenvalue weighted by Gasteiger charge is 2.30. The van der Waals surface area contributed by atoms with Gasteiger partial charge in [-0.3, -0.25) is 11.3 Å². The number of methoxy groups -OCH3 is 1. The number of hydrogen-bond acceptors (Lipinski definition) is 3. The largest absolute Gasteiger partial charge is 0.377 e. The van der Waals surface area contributed by atoms with Crippen molar-refractivity contribution in [3.63, 3.8) is 0 Å². The molecular weight excluding hydrogens is 140 g/mol. The minimum absolute atomic E-state index is 0.0347. The highest BCUT2D eigenvalue weighted by atomic mass is 16.5. The van der Waals surface area contributed by atoms with E-state index in [9.17, 15) is 0 Å². The third-order valence-corrected chi connectivity index (χ3v) is 2.62. The highest BCUT2D eigenvalue weighted by molar-refractivity contribution is 4.85. The second kappa shape index (κ2) is 4.04. The molecule has 11 heavy (non-hydrogen) atoms. The summed E-state index contributed by atoms with van der Waals surface area (Å²) in [5, 5.41) is 0. The van der Waals surface area contributed by atoms with Gasteiger partial charge in [0.1, 0.15) is 0 Å². The Morgan fingerprint density at radius 3 is 2.45 bits per heavy atom. The lowest BCUT2D eigenvalue weighted by atomic mass is 9.85. The van der Waals surface area contributed by atoms with Crippen LogP contribution in [0.2, 0.25) is 0 Å². The number of hydrazine groups is 1. The van der Waals surface area contributed by atoms with Gasteiger partial charge in [0.05, 0.1) is 5.60 Å². The van der Waals surface area contributed by atoms with Crippen LogP contribution in [-0.4, -0.2) is 19.3 Å². The summed E-state index contributed by atoms with van der Waals surface area (Å²) in [5.74, 6) is 5.29. The first-order valence-corrected chi connectivity index (χ1v) is 4.32. The van der Waals surface area contributed by atoms with Crippen molar-refractivity contribution < 1.29 is 4.74 Å². The first-order chi connectivity index (χ1) is 5.33. The average molecular weight is 158 g/mol. The smallest absolute Gasteiger partial charge is 0.0816 e. The molecule has 0 amide bonds. The Labute approximate surface area is 68.3 Å². The summed E-state index contributed by atoms with van der Waals surface area (Å²) in [6, 6.07) is 0. The third kappa shape index (κ3) is 2.15. The van der Waals surface area contributed by atoms with Gasteiger partial charge in [-0.2, -0.15) is 0 Å². The van der Waals surface area contributed by atoms with Crippen molar-refractivity contribution in [3.8, 4) is 0 Å². The highest BCUT2D eigenvalue weighted by Crippen LogP contribution is 2.30. The van der Waals surface area contributed by atoms with Crippen molar-refractivity contribution in [2.24, 2.45) is 5.84 Å². The summed E-state index contributed by atoms with van der Waals surface area (Å²) < 4.78 is 5.48. The molecule has 1 rings (SSSR count). The van der Waals surface area contributed by atoms with E-state index in [1.165, 1.54) is 19.3 Å². The summed E-state index contributed by atoms with van der Waals surface area (Å²) in [7, 11) is 1.78. The lowest BCUT2D eigenvalue weighted by Gasteiger charge is -2.35. The van der Waals surface area contributed by atoms with Gasteiger partial charge in [0.15, 0.2) is 0 Å². The fourth-order valence-corrected chi connectivity index (χ4v) is 1.84. The number of rotatable bonds is 3. The Hall–Kier alpha value is -0.120. The molecule has 0 unspecified atom stereocenters. The zero-order valence-electron chi connectivity index (χ0n) is 7.23. The van der Waals surface area contributed by atoms with Crippen LogP contribution in [0, 0.1) is 0 Å². The molecule has 1 saturated carbocycles. The SMILES string of the molecule is COC1(CNN)CCCCC1. The van der Waals surface area contributed by atoms with E-state index in [1.54, 1.807) is 7.11 Å². The summed E-state index contributed by atoms with van der Waals surface area (Å²) >= 11 is 0. The molecule has 0 aromatic carbocycles. The first kappa shape index (κ1) is 8.97. The molecule has 3 nitrogen and oxygen atoms in total. The normalized spacial score (nSPS) is 23.5. The number of nitrogens with one attached hydrogen (secondary N) is 1. The number of nitrogens with two attached hydrogens (primary N) is 1. The van der Waals surface area contributed by atoms with Crippen LogP contribution in [0.4, 0.5) is 0 Å². The second-order valence-corrected chi connectivity index (χ2v) is 3.33. The van der Waals surface area contributed by atoms with E-state index in [0.29, 0.717) is 0 Å². The number of ether oxygens (including phenoxy) is 1. The third-order valence-electron chi connectivity index (χ3n) is 2.62. The van der Waals surface area contributed by atoms with Gasteiger partial charge in [0, 0.05) is 13.7 Å². The van der Waals surface area contributed by atoms with Crippen LogP contribution in [0.1, 0.15) is 32.1 Å². The van der Waals surface area contributed by atoms with Gasteiger partial charge < -0.3 is 4.74 Å². The topological polar surface area (TPSA) is 47.3 Å². The van der Waals surface area contributed by atoms with Crippen LogP contribution in [0.3, 0.4) is 0 Å². The standard InChI is InChI=1S/C8H18N2O/c1-11-8(7-10-9)5-3-2-4-6-8/h10H,2-7,9H2,1H3. The summed E-state index contributed by atoms with van der Waals surface area (Å²) in [4.78, 5) is 0. The van der Waals surface area contributed by atoms with Gasteiger partial charge >= 0.3 is 0 Å². The fourth-order valence-electron chi connectivity index (χ4n) is 1.84. The van der Waals surface area contributed by atoms with Crippen molar-refractivity contribution in [3.05, 3.63) is 0 Å². The van der Waals surface area contributed by atoms with Crippen LogP contribution in [0.25, 0.3) is 0 Å².